The van der Waals surface area contributed by atoms with Gasteiger partial charge < -0.3 is 9.72 Å². The molecule has 0 aliphatic carbocycles. The molecule has 0 amide bonds. The van der Waals surface area contributed by atoms with Gasteiger partial charge in [0.2, 0.25) is 0 Å². The highest BCUT2D eigenvalue weighted by atomic mass is 19.1. The summed E-state index contributed by atoms with van der Waals surface area (Å²) in [6.07, 6.45) is 2.71. The number of ether oxygens (including phenoxy) is 1. The lowest BCUT2D eigenvalue weighted by Gasteiger charge is -1.96. The van der Waals surface area contributed by atoms with Gasteiger partial charge in [-0.1, -0.05) is 0 Å². The number of esters is 1. The summed E-state index contributed by atoms with van der Waals surface area (Å²) in [5.74, 6) is -1.07. The zero-order valence-electron chi connectivity index (χ0n) is 7.37. The molecule has 0 bridgehead atoms. The molecule has 2 rings (SSSR count). The predicted molar refractivity (Wildman–Crippen MR) is 47.4 cm³/mol. The Morgan fingerprint density at radius 3 is 3.14 bits per heavy atom. The normalized spacial score (nSPS) is 10.4. The van der Waals surface area contributed by atoms with Crippen molar-refractivity contribution in [3.05, 3.63) is 29.8 Å². The van der Waals surface area contributed by atoms with Gasteiger partial charge in [-0.05, 0) is 6.07 Å². The van der Waals surface area contributed by atoms with Gasteiger partial charge in [-0.3, -0.25) is 0 Å². The quantitative estimate of drug-likeness (QED) is 0.699. The van der Waals surface area contributed by atoms with E-state index in [1.165, 1.54) is 25.6 Å². The van der Waals surface area contributed by atoms with Gasteiger partial charge in [0.1, 0.15) is 11.5 Å². The molecule has 2 aromatic heterocycles. The predicted octanol–water partition coefficient (Wildman–Crippen LogP) is 1.49. The number of rotatable bonds is 1. The molecule has 1 N–H and O–H groups in total. The summed E-state index contributed by atoms with van der Waals surface area (Å²) >= 11 is 0. The number of aromatic amines is 1. The average Bonchev–Trinajstić information content (AvgIpc) is 2.62. The second-order valence-corrected chi connectivity index (χ2v) is 2.71. The van der Waals surface area contributed by atoms with Crippen molar-refractivity contribution in [3.63, 3.8) is 0 Å². The van der Waals surface area contributed by atoms with Crippen LogP contribution in [0, 0.1) is 5.82 Å². The number of pyridine rings is 1. The summed E-state index contributed by atoms with van der Waals surface area (Å²) in [4.78, 5) is 17.8. The number of aromatic nitrogens is 2. The molecular weight excluding hydrogens is 187 g/mol. The fraction of sp³-hybridized carbons (Fsp3) is 0.111. The van der Waals surface area contributed by atoms with Gasteiger partial charge in [0.05, 0.1) is 18.1 Å². The monoisotopic (exact) mass is 194 g/mol. The standard InChI is InChI=1S/C9H7FN2O2/c1-14-9(13)5-4-12-8-7(5)6(10)2-3-11-8/h2-4H,1H3,(H,11,12). The number of H-pyrrole nitrogens is 1. The Labute approximate surface area is 78.7 Å². The molecule has 0 saturated carbocycles. The van der Waals surface area contributed by atoms with Gasteiger partial charge in [-0.2, -0.15) is 0 Å². The Bertz CT molecular complexity index is 493. The van der Waals surface area contributed by atoms with Crippen LogP contribution in [0.1, 0.15) is 10.4 Å². The van der Waals surface area contributed by atoms with E-state index in [0.717, 1.165) is 0 Å². The highest BCUT2D eigenvalue weighted by molar-refractivity contribution is 6.03. The number of hydrogen-bond donors (Lipinski definition) is 1. The summed E-state index contributed by atoms with van der Waals surface area (Å²) in [5.41, 5.74) is 0.499. The van der Waals surface area contributed by atoms with Gasteiger partial charge in [-0.15, -0.1) is 0 Å². The third-order valence-electron chi connectivity index (χ3n) is 1.93. The number of fused-ring (bicyclic) bond motifs is 1. The molecule has 2 heterocycles. The lowest BCUT2D eigenvalue weighted by Crippen LogP contribution is -2.00. The van der Waals surface area contributed by atoms with Crippen LogP contribution in [0.25, 0.3) is 11.0 Å². The second-order valence-electron chi connectivity index (χ2n) is 2.71. The maximum Gasteiger partial charge on any atom is 0.340 e. The van der Waals surface area contributed by atoms with Crippen molar-refractivity contribution in [3.8, 4) is 0 Å². The van der Waals surface area contributed by atoms with Crippen molar-refractivity contribution in [2.45, 2.75) is 0 Å². The molecule has 14 heavy (non-hydrogen) atoms. The zero-order valence-corrected chi connectivity index (χ0v) is 7.37. The molecule has 72 valence electrons. The average molecular weight is 194 g/mol. The molecule has 0 aliphatic heterocycles. The van der Waals surface area contributed by atoms with Crippen molar-refractivity contribution in [1.82, 2.24) is 9.97 Å². The Kier molecular flexibility index (Phi) is 1.92. The molecule has 0 spiro atoms. The second kappa shape index (κ2) is 3.10. The third-order valence-corrected chi connectivity index (χ3v) is 1.93. The minimum Gasteiger partial charge on any atom is -0.465 e. The zero-order chi connectivity index (χ0) is 10.1. The summed E-state index contributed by atoms with van der Waals surface area (Å²) in [7, 11) is 1.25. The molecule has 0 unspecified atom stereocenters. The number of nitrogens with zero attached hydrogens (tertiary/aromatic N) is 1. The Morgan fingerprint density at radius 2 is 2.43 bits per heavy atom. The molecule has 0 atom stereocenters. The van der Waals surface area contributed by atoms with Crippen molar-refractivity contribution < 1.29 is 13.9 Å². The van der Waals surface area contributed by atoms with Crippen LogP contribution < -0.4 is 0 Å². The number of nitrogens with one attached hydrogen (secondary N) is 1. The van der Waals surface area contributed by atoms with Crippen molar-refractivity contribution in [1.29, 1.82) is 0 Å². The van der Waals surface area contributed by atoms with Gasteiger partial charge in [0.15, 0.2) is 0 Å². The topological polar surface area (TPSA) is 55.0 Å². The van der Waals surface area contributed by atoms with Gasteiger partial charge in [0, 0.05) is 12.4 Å². The van der Waals surface area contributed by atoms with E-state index in [1.807, 2.05) is 0 Å². The first-order valence-electron chi connectivity index (χ1n) is 3.94. The largest absolute Gasteiger partial charge is 0.465 e. The number of halogens is 1. The maximum absolute atomic E-state index is 13.3. The van der Waals surface area contributed by atoms with E-state index in [4.69, 9.17) is 0 Å². The molecule has 5 heteroatoms. The summed E-state index contributed by atoms with van der Waals surface area (Å²) < 4.78 is 17.8. The van der Waals surface area contributed by atoms with E-state index in [0.29, 0.717) is 5.65 Å². The van der Waals surface area contributed by atoms with E-state index in [1.54, 1.807) is 0 Å². The van der Waals surface area contributed by atoms with Crippen LogP contribution in [0.2, 0.25) is 0 Å². The third kappa shape index (κ3) is 1.14. The minimum absolute atomic E-state index is 0.160. The van der Waals surface area contributed by atoms with Gasteiger partial charge in [-0.25, -0.2) is 14.2 Å². The van der Waals surface area contributed by atoms with Gasteiger partial charge in [0.25, 0.3) is 0 Å². The Balaban J connectivity index is 2.73. The summed E-state index contributed by atoms with van der Waals surface area (Å²) in [6, 6.07) is 1.20. The van der Waals surface area contributed by atoms with Crippen LogP contribution in [-0.4, -0.2) is 23.0 Å². The number of carbonyl (C=O) groups is 1. The number of methoxy groups -OCH3 is 1. The van der Waals surface area contributed by atoms with E-state index in [2.05, 4.69) is 14.7 Å². The summed E-state index contributed by atoms with van der Waals surface area (Å²) in [5, 5.41) is 0.166. The van der Waals surface area contributed by atoms with Crippen molar-refractivity contribution in [2.24, 2.45) is 0 Å². The molecule has 0 radical (unpaired) electrons. The molecule has 0 fully saturated rings. The molecule has 4 nitrogen and oxygen atoms in total. The van der Waals surface area contributed by atoms with Crippen LogP contribution in [-0.2, 0) is 4.74 Å². The van der Waals surface area contributed by atoms with Crippen LogP contribution >= 0.6 is 0 Å². The van der Waals surface area contributed by atoms with Crippen LogP contribution in [0.4, 0.5) is 4.39 Å². The first-order valence-corrected chi connectivity index (χ1v) is 3.94. The van der Waals surface area contributed by atoms with Crippen LogP contribution in [0.3, 0.4) is 0 Å². The highest BCUT2D eigenvalue weighted by Gasteiger charge is 2.15. The fourth-order valence-electron chi connectivity index (χ4n) is 1.29. The number of hydrogen-bond acceptors (Lipinski definition) is 3. The van der Waals surface area contributed by atoms with Gasteiger partial charge >= 0.3 is 5.97 Å². The smallest absolute Gasteiger partial charge is 0.340 e. The van der Waals surface area contributed by atoms with Crippen molar-refractivity contribution >= 4 is 17.0 Å². The molecule has 2 aromatic rings. The lowest BCUT2D eigenvalue weighted by atomic mass is 10.2. The molecule has 0 aliphatic rings. The van der Waals surface area contributed by atoms with Crippen LogP contribution in [0.15, 0.2) is 18.5 Å². The Morgan fingerprint density at radius 1 is 1.64 bits per heavy atom. The molecular formula is C9H7FN2O2. The van der Waals surface area contributed by atoms with E-state index in [-0.39, 0.29) is 10.9 Å². The Hall–Kier alpha value is -1.91. The molecule has 0 saturated heterocycles. The fourth-order valence-corrected chi connectivity index (χ4v) is 1.29. The molecule has 0 aromatic carbocycles. The first kappa shape index (κ1) is 8.68. The van der Waals surface area contributed by atoms with Crippen LogP contribution in [0.5, 0.6) is 0 Å². The van der Waals surface area contributed by atoms with Crippen molar-refractivity contribution in [2.75, 3.05) is 7.11 Å². The number of carbonyl (C=O) groups excluding carboxylic acids is 1. The van der Waals surface area contributed by atoms with E-state index >= 15 is 0 Å². The van der Waals surface area contributed by atoms with E-state index in [9.17, 15) is 9.18 Å². The van der Waals surface area contributed by atoms with E-state index < -0.39 is 11.8 Å². The SMILES string of the molecule is COC(=O)c1c[nH]c2nccc(F)c12. The first-order chi connectivity index (χ1) is 6.74. The summed E-state index contributed by atoms with van der Waals surface area (Å²) in [6.45, 7) is 0. The highest BCUT2D eigenvalue weighted by Crippen LogP contribution is 2.19. The maximum atomic E-state index is 13.3. The lowest BCUT2D eigenvalue weighted by molar-refractivity contribution is 0.0602. The minimum atomic E-state index is -0.580.